The number of rotatable bonds is 5. The van der Waals surface area contributed by atoms with Crippen LogP contribution in [0.15, 0.2) is 176 Å². The third-order valence-electron chi connectivity index (χ3n) is 9.42. The van der Waals surface area contributed by atoms with Gasteiger partial charge in [-0.25, -0.2) is 15.0 Å². The molecule has 1 heterocycles. The highest BCUT2D eigenvalue weighted by Crippen LogP contribution is 2.58. The van der Waals surface area contributed by atoms with E-state index < -0.39 is 5.41 Å². The largest absolute Gasteiger partial charge is 0.208 e. The van der Waals surface area contributed by atoms with Gasteiger partial charge in [-0.3, -0.25) is 0 Å². The third kappa shape index (κ3) is 4.24. The number of hydrogen-bond donors (Lipinski definition) is 0. The number of aromatic nitrogens is 3. The first kappa shape index (κ1) is 27.1. The molecule has 0 atom stereocenters. The quantitative estimate of drug-likeness (QED) is 0.198. The van der Waals surface area contributed by atoms with E-state index in [0.29, 0.717) is 17.5 Å². The van der Waals surface area contributed by atoms with Crippen LogP contribution in [0.1, 0.15) is 22.3 Å². The van der Waals surface area contributed by atoms with Crippen molar-refractivity contribution in [1.82, 2.24) is 15.0 Å². The van der Waals surface area contributed by atoms with Crippen LogP contribution in [0, 0.1) is 0 Å². The highest BCUT2D eigenvalue weighted by Gasteiger charge is 2.46. The summed E-state index contributed by atoms with van der Waals surface area (Å²) in [4.78, 5) is 15.1. The SMILES string of the molecule is c1ccc(-c2nc(-c3ccccc3)nc(-c3cccc4c5c(ccc34)C(c3ccccc3)(c3ccccc3)c3ccccc3-5)n2)cc1. The molecule has 1 aliphatic carbocycles. The van der Waals surface area contributed by atoms with Gasteiger partial charge in [-0.1, -0.05) is 176 Å². The van der Waals surface area contributed by atoms with Crippen LogP contribution >= 0.6 is 0 Å². The number of hydrogen-bond acceptors (Lipinski definition) is 3. The summed E-state index contributed by atoms with van der Waals surface area (Å²) >= 11 is 0. The van der Waals surface area contributed by atoms with Gasteiger partial charge in [-0.15, -0.1) is 0 Å². The molecule has 1 aliphatic rings. The normalized spacial score (nSPS) is 12.9. The molecule has 220 valence electrons. The van der Waals surface area contributed by atoms with Crippen LogP contribution in [-0.4, -0.2) is 15.0 Å². The Bertz CT molecular complexity index is 2290. The Morgan fingerprint density at radius 2 is 0.809 bits per heavy atom. The van der Waals surface area contributed by atoms with Crippen molar-refractivity contribution in [3.63, 3.8) is 0 Å². The van der Waals surface area contributed by atoms with Crippen LogP contribution < -0.4 is 0 Å². The second-order valence-electron chi connectivity index (χ2n) is 12.0. The first-order chi connectivity index (χ1) is 23.3. The topological polar surface area (TPSA) is 38.7 Å². The highest BCUT2D eigenvalue weighted by molar-refractivity contribution is 6.08. The van der Waals surface area contributed by atoms with Gasteiger partial charge in [-0.2, -0.15) is 0 Å². The van der Waals surface area contributed by atoms with Crippen molar-refractivity contribution in [2.75, 3.05) is 0 Å². The summed E-state index contributed by atoms with van der Waals surface area (Å²) < 4.78 is 0. The van der Waals surface area contributed by atoms with Crippen molar-refractivity contribution in [1.29, 1.82) is 0 Å². The van der Waals surface area contributed by atoms with Gasteiger partial charge in [0.25, 0.3) is 0 Å². The molecule has 0 fully saturated rings. The zero-order valence-corrected chi connectivity index (χ0v) is 25.6. The molecule has 1 aromatic heterocycles. The lowest BCUT2D eigenvalue weighted by atomic mass is 9.67. The zero-order chi connectivity index (χ0) is 31.2. The molecule has 0 spiro atoms. The fourth-order valence-electron chi connectivity index (χ4n) is 7.42. The Balaban J connectivity index is 1.33. The second kappa shape index (κ2) is 11.0. The molecule has 0 bridgehead atoms. The number of nitrogens with zero attached hydrogens (tertiary/aromatic N) is 3. The van der Waals surface area contributed by atoms with Crippen LogP contribution in [0.2, 0.25) is 0 Å². The summed E-state index contributed by atoms with van der Waals surface area (Å²) in [7, 11) is 0. The molecule has 8 aromatic rings. The van der Waals surface area contributed by atoms with E-state index in [1.165, 1.54) is 38.8 Å². The van der Waals surface area contributed by atoms with Crippen molar-refractivity contribution >= 4 is 10.8 Å². The van der Waals surface area contributed by atoms with Crippen LogP contribution in [0.5, 0.6) is 0 Å². The lowest BCUT2D eigenvalue weighted by Crippen LogP contribution is -2.28. The molecular weight excluding hydrogens is 571 g/mol. The molecule has 9 rings (SSSR count). The van der Waals surface area contributed by atoms with E-state index in [4.69, 9.17) is 15.0 Å². The van der Waals surface area contributed by atoms with Gasteiger partial charge < -0.3 is 0 Å². The van der Waals surface area contributed by atoms with Gasteiger partial charge in [0.05, 0.1) is 5.41 Å². The van der Waals surface area contributed by atoms with E-state index in [1.54, 1.807) is 0 Å². The fourth-order valence-corrected chi connectivity index (χ4v) is 7.42. The van der Waals surface area contributed by atoms with Crippen molar-refractivity contribution in [2.24, 2.45) is 0 Å². The Morgan fingerprint density at radius 3 is 1.40 bits per heavy atom. The third-order valence-corrected chi connectivity index (χ3v) is 9.42. The molecule has 47 heavy (non-hydrogen) atoms. The molecule has 0 N–H and O–H groups in total. The van der Waals surface area contributed by atoms with E-state index >= 15 is 0 Å². The van der Waals surface area contributed by atoms with Gasteiger partial charge in [0.15, 0.2) is 17.5 Å². The van der Waals surface area contributed by atoms with Crippen LogP contribution in [0.3, 0.4) is 0 Å². The summed E-state index contributed by atoms with van der Waals surface area (Å²) in [5.74, 6) is 1.97. The summed E-state index contributed by atoms with van der Waals surface area (Å²) in [5, 5.41) is 2.30. The van der Waals surface area contributed by atoms with Gasteiger partial charge in [0.2, 0.25) is 0 Å². The summed E-state index contributed by atoms with van der Waals surface area (Å²) in [5.41, 5.74) is 10.0. The number of fused-ring (bicyclic) bond motifs is 5. The molecular formula is C44H29N3. The van der Waals surface area contributed by atoms with Crippen LogP contribution in [-0.2, 0) is 5.41 Å². The minimum atomic E-state index is -0.452. The number of benzene rings is 7. The first-order valence-corrected chi connectivity index (χ1v) is 16.0. The van der Waals surface area contributed by atoms with Crippen molar-refractivity contribution in [3.8, 4) is 45.3 Å². The minimum absolute atomic E-state index is 0.452. The molecule has 0 radical (unpaired) electrons. The van der Waals surface area contributed by atoms with Gasteiger partial charge in [0, 0.05) is 16.7 Å². The lowest BCUT2D eigenvalue weighted by Gasteiger charge is -2.34. The second-order valence-corrected chi connectivity index (χ2v) is 12.0. The lowest BCUT2D eigenvalue weighted by molar-refractivity contribution is 0.769. The van der Waals surface area contributed by atoms with E-state index in [9.17, 15) is 0 Å². The molecule has 3 nitrogen and oxygen atoms in total. The van der Waals surface area contributed by atoms with E-state index in [0.717, 1.165) is 22.1 Å². The molecule has 7 aromatic carbocycles. The van der Waals surface area contributed by atoms with Gasteiger partial charge >= 0.3 is 0 Å². The van der Waals surface area contributed by atoms with E-state index in [2.05, 4.69) is 115 Å². The summed E-state index contributed by atoms with van der Waals surface area (Å²) in [6.45, 7) is 0. The van der Waals surface area contributed by atoms with E-state index in [-0.39, 0.29) is 0 Å². The zero-order valence-electron chi connectivity index (χ0n) is 25.6. The minimum Gasteiger partial charge on any atom is -0.208 e. The molecule has 0 saturated heterocycles. The van der Waals surface area contributed by atoms with Gasteiger partial charge in [-0.05, 0) is 44.2 Å². The van der Waals surface area contributed by atoms with E-state index in [1.807, 2.05) is 60.7 Å². The van der Waals surface area contributed by atoms with Crippen molar-refractivity contribution in [2.45, 2.75) is 5.41 Å². The Morgan fingerprint density at radius 1 is 0.319 bits per heavy atom. The van der Waals surface area contributed by atoms with Crippen molar-refractivity contribution in [3.05, 3.63) is 198 Å². The maximum Gasteiger partial charge on any atom is 0.164 e. The Kier molecular flexibility index (Phi) is 6.36. The maximum atomic E-state index is 5.09. The maximum absolute atomic E-state index is 5.09. The van der Waals surface area contributed by atoms with Crippen LogP contribution in [0.25, 0.3) is 56.1 Å². The molecule has 0 amide bonds. The predicted molar refractivity (Wildman–Crippen MR) is 191 cm³/mol. The average molecular weight is 600 g/mol. The Hall–Kier alpha value is -6.19. The fraction of sp³-hybridized carbons (Fsp3) is 0.0227. The highest BCUT2D eigenvalue weighted by atomic mass is 15.0. The molecule has 0 saturated carbocycles. The standard InChI is InChI=1S/C44H29N3/c1-5-16-30(17-6-1)41-45-42(31-18-7-2-8-19-31)47-43(46-41)36-26-15-25-35-34(36)28-29-39-40(35)37-24-13-14-27-38(37)44(39,32-20-9-3-10-21-32)33-22-11-4-12-23-33/h1-29H. The molecule has 0 unspecified atom stereocenters. The molecule has 3 heteroatoms. The average Bonchev–Trinajstić information content (AvgIpc) is 3.47. The smallest absolute Gasteiger partial charge is 0.164 e. The summed E-state index contributed by atoms with van der Waals surface area (Å²) in [6.07, 6.45) is 0. The van der Waals surface area contributed by atoms with Gasteiger partial charge in [0.1, 0.15) is 0 Å². The summed E-state index contributed by atoms with van der Waals surface area (Å²) in [6, 6.07) is 62.2. The Labute approximate surface area is 273 Å². The van der Waals surface area contributed by atoms with Crippen molar-refractivity contribution < 1.29 is 0 Å². The molecule has 0 aliphatic heterocycles. The predicted octanol–water partition coefficient (Wildman–Crippen LogP) is 10.4. The van der Waals surface area contributed by atoms with Crippen LogP contribution in [0.4, 0.5) is 0 Å². The first-order valence-electron chi connectivity index (χ1n) is 16.0. The monoisotopic (exact) mass is 599 g/mol.